The van der Waals surface area contributed by atoms with Crippen LogP contribution in [0.4, 0.5) is 16.2 Å². The Morgan fingerprint density at radius 1 is 1.36 bits per heavy atom. The molecule has 0 atom stereocenters. The molecule has 1 aromatic heterocycles. The summed E-state index contributed by atoms with van der Waals surface area (Å²) in [5.41, 5.74) is 10.1. The molecule has 0 saturated heterocycles. The highest BCUT2D eigenvalue weighted by atomic mass is 16.6. The second kappa shape index (κ2) is 7.34. The minimum absolute atomic E-state index is 0.0139. The minimum Gasteiger partial charge on any atom is -0.460 e. The van der Waals surface area contributed by atoms with Crippen molar-refractivity contribution in [2.45, 2.75) is 6.92 Å². The van der Waals surface area contributed by atoms with Crippen LogP contribution in [0.25, 0.3) is 11.0 Å². The molecule has 0 radical (unpaired) electrons. The first-order chi connectivity index (χ1) is 11.8. The SMILES string of the molecule is Cc1cc2c(NC/C=C/COC(N)=O)c([N+](=O)[O-])cc(C(N)=O)c2o1. The van der Waals surface area contributed by atoms with Gasteiger partial charge in [-0.1, -0.05) is 6.08 Å². The highest BCUT2D eigenvalue weighted by Gasteiger charge is 2.24. The van der Waals surface area contributed by atoms with Gasteiger partial charge in [0.15, 0.2) is 0 Å². The maximum Gasteiger partial charge on any atom is 0.404 e. The van der Waals surface area contributed by atoms with Gasteiger partial charge in [0, 0.05) is 12.6 Å². The normalized spacial score (nSPS) is 10.9. The fourth-order valence-corrected chi connectivity index (χ4v) is 2.27. The molecule has 0 fully saturated rings. The summed E-state index contributed by atoms with van der Waals surface area (Å²) in [6.45, 7) is 1.85. The van der Waals surface area contributed by atoms with Gasteiger partial charge < -0.3 is 25.9 Å². The van der Waals surface area contributed by atoms with Gasteiger partial charge in [0.25, 0.3) is 11.6 Å². The number of anilines is 1. The smallest absolute Gasteiger partial charge is 0.404 e. The zero-order chi connectivity index (χ0) is 18.6. The van der Waals surface area contributed by atoms with Crippen molar-refractivity contribution in [1.29, 1.82) is 0 Å². The van der Waals surface area contributed by atoms with Gasteiger partial charge in [-0.3, -0.25) is 14.9 Å². The molecular formula is C15H16N4O6. The zero-order valence-electron chi connectivity index (χ0n) is 13.3. The van der Waals surface area contributed by atoms with E-state index < -0.39 is 16.9 Å². The quantitative estimate of drug-likeness (QED) is 0.390. The molecule has 2 rings (SSSR count). The van der Waals surface area contributed by atoms with Crippen molar-refractivity contribution in [2.75, 3.05) is 18.5 Å². The molecule has 132 valence electrons. The summed E-state index contributed by atoms with van der Waals surface area (Å²) in [7, 11) is 0. The van der Waals surface area contributed by atoms with E-state index in [1.807, 2.05) is 0 Å². The number of nitrogens with two attached hydrogens (primary N) is 2. The van der Waals surface area contributed by atoms with Gasteiger partial charge in [-0.05, 0) is 19.1 Å². The predicted octanol–water partition coefficient (Wildman–Crippen LogP) is 1.81. The van der Waals surface area contributed by atoms with Crippen LogP contribution in [-0.4, -0.2) is 30.1 Å². The van der Waals surface area contributed by atoms with E-state index in [0.717, 1.165) is 6.07 Å². The number of carbonyl (C=O) groups is 2. The van der Waals surface area contributed by atoms with Gasteiger partial charge in [-0.15, -0.1) is 0 Å². The third kappa shape index (κ3) is 4.05. The molecule has 0 bridgehead atoms. The summed E-state index contributed by atoms with van der Waals surface area (Å²) in [6.07, 6.45) is 2.23. The standard InChI is InChI=1S/C15H16N4O6/c1-8-6-9-12(18-4-2-3-5-24-15(17)21)11(19(22)23)7-10(14(16)20)13(9)25-8/h2-3,6-7,18H,4-5H2,1H3,(H2,16,20)(H2,17,21)/b3-2+. The molecular weight excluding hydrogens is 332 g/mol. The van der Waals surface area contributed by atoms with Crippen LogP contribution in [0.15, 0.2) is 28.7 Å². The first-order valence-electron chi connectivity index (χ1n) is 7.13. The summed E-state index contributed by atoms with van der Waals surface area (Å²) in [4.78, 5) is 32.7. The van der Waals surface area contributed by atoms with Crippen molar-refractivity contribution in [1.82, 2.24) is 0 Å². The summed E-state index contributed by atoms with van der Waals surface area (Å²) < 4.78 is 9.98. The number of ether oxygens (including phenoxy) is 1. The van der Waals surface area contributed by atoms with Gasteiger partial charge in [-0.2, -0.15) is 0 Å². The number of benzene rings is 1. The molecule has 0 aliphatic carbocycles. The van der Waals surface area contributed by atoms with E-state index in [4.69, 9.17) is 15.9 Å². The highest BCUT2D eigenvalue weighted by Crippen LogP contribution is 2.37. The Balaban J connectivity index is 2.36. The van der Waals surface area contributed by atoms with Gasteiger partial charge in [0.1, 0.15) is 23.6 Å². The Hall–Kier alpha value is -3.56. The van der Waals surface area contributed by atoms with E-state index in [9.17, 15) is 19.7 Å². The van der Waals surface area contributed by atoms with Crippen LogP contribution < -0.4 is 16.8 Å². The predicted molar refractivity (Wildman–Crippen MR) is 89.3 cm³/mol. The molecule has 0 spiro atoms. The molecule has 5 N–H and O–H groups in total. The van der Waals surface area contributed by atoms with Crippen molar-refractivity contribution in [3.05, 3.63) is 45.7 Å². The van der Waals surface area contributed by atoms with Crippen LogP contribution in [0.1, 0.15) is 16.1 Å². The summed E-state index contributed by atoms with van der Waals surface area (Å²) in [5, 5.41) is 14.6. The number of amides is 2. The van der Waals surface area contributed by atoms with E-state index in [-0.39, 0.29) is 35.7 Å². The zero-order valence-corrected chi connectivity index (χ0v) is 13.3. The topological polar surface area (TPSA) is 164 Å². The van der Waals surface area contributed by atoms with Crippen molar-refractivity contribution >= 4 is 34.3 Å². The Morgan fingerprint density at radius 2 is 2.08 bits per heavy atom. The fourth-order valence-electron chi connectivity index (χ4n) is 2.27. The third-order valence-corrected chi connectivity index (χ3v) is 3.25. The lowest BCUT2D eigenvalue weighted by molar-refractivity contribution is -0.383. The Labute approximate surface area is 141 Å². The van der Waals surface area contributed by atoms with Crippen LogP contribution in [0.3, 0.4) is 0 Å². The summed E-state index contributed by atoms with van der Waals surface area (Å²) in [5.74, 6) is -0.344. The molecule has 0 aliphatic rings. The first kappa shape index (κ1) is 17.8. The molecule has 0 saturated carbocycles. The maximum atomic E-state index is 11.6. The number of hydrogen-bond acceptors (Lipinski definition) is 7. The number of nitro groups is 1. The van der Waals surface area contributed by atoms with E-state index >= 15 is 0 Å². The van der Waals surface area contributed by atoms with Crippen molar-refractivity contribution in [3.63, 3.8) is 0 Å². The number of furan rings is 1. The van der Waals surface area contributed by atoms with Crippen LogP contribution in [-0.2, 0) is 4.74 Å². The third-order valence-electron chi connectivity index (χ3n) is 3.25. The van der Waals surface area contributed by atoms with Gasteiger partial charge in [-0.25, -0.2) is 4.79 Å². The summed E-state index contributed by atoms with van der Waals surface area (Å²) in [6, 6.07) is 2.66. The second-order valence-electron chi connectivity index (χ2n) is 5.02. The van der Waals surface area contributed by atoms with Crippen LogP contribution in [0, 0.1) is 17.0 Å². The van der Waals surface area contributed by atoms with Crippen molar-refractivity contribution in [2.24, 2.45) is 11.5 Å². The van der Waals surface area contributed by atoms with Gasteiger partial charge in [0.05, 0.1) is 15.9 Å². The lowest BCUT2D eigenvalue weighted by atomic mass is 10.1. The summed E-state index contributed by atoms with van der Waals surface area (Å²) >= 11 is 0. The first-order valence-corrected chi connectivity index (χ1v) is 7.13. The molecule has 10 nitrogen and oxygen atoms in total. The number of nitro benzene ring substituents is 1. The maximum absolute atomic E-state index is 11.6. The molecule has 2 amide bonds. The molecule has 1 aromatic carbocycles. The van der Waals surface area contributed by atoms with Crippen LogP contribution in [0.2, 0.25) is 0 Å². The number of fused-ring (bicyclic) bond motifs is 1. The fraction of sp³-hybridized carbons (Fsp3) is 0.200. The lowest BCUT2D eigenvalue weighted by Gasteiger charge is -2.08. The number of hydrogen-bond donors (Lipinski definition) is 3. The van der Waals surface area contributed by atoms with Crippen LogP contribution in [0.5, 0.6) is 0 Å². The molecule has 0 unspecified atom stereocenters. The van der Waals surface area contributed by atoms with Gasteiger partial charge >= 0.3 is 6.09 Å². The molecule has 10 heteroatoms. The molecule has 25 heavy (non-hydrogen) atoms. The second-order valence-corrected chi connectivity index (χ2v) is 5.02. The largest absolute Gasteiger partial charge is 0.460 e. The molecule has 0 aliphatic heterocycles. The van der Waals surface area contributed by atoms with Crippen molar-refractivity contribution in [3.8, 4) is 0 Å². The number of primary amides is 2. The average Bonchev–Trinajstić information content (AvgIpc) is 2.90. The Morgan fingerprint density at radius 3 is 2.68 bits per heavy atom. The number of nitrogens with zero attached hydrogens (tertiary/aromatic N) is 1. The Bertz CT molecular complexity index is 871. The van der Waals surface area contributed by atoms with Gasteiger partial charge in [0.2, 0.25) is 0 Å². The molecule has 1 heterocycles. The van der Waals surface area contributed by atoms with Crippen LogP contribution >= 0.6 is 0 Å². The average molecular weight is 348 g/mol. The Kier molecular flexibility index (Phi) is 5.22. The van der Waals surface area contributed by atoms with E-state index in [0.29, 0.717) is 11.1 Å². The van der Waals surface area contributed by atoms with Crippen molar-refractivity contribution < 1.29 is 23.7 Å². The molecule has 2 aromatic rings. The minimum atomic E-state index is -0.897. The van der Waals surface area contributed by atoms with E-state index in [2.05, 4.69) is 10.1 Å². The number of nitrogens with one attached hydrogen (secondary N) is 1. The lowest BCUT2D eigenvalue weighted by Crippen LogP contribution is -2.13. The van der Waals surface area contributed by atoms with E-state index in [1.165, 1.54) is 6.08 Å². The number of aryl methyl sites for hydroxylation is 1. The number of carbonyl (C=O) groups excluding carboxylic acids is 2. The number of rotatable bonds is 7. The monoisotopic (exact) mass is 348 g/mol. The highest BCUT2D eigenvalue weighted by molar-refractivity contribution is 6.10. The van der Waals surface area contributed by atoms with E-state index in [1.54, 1.807) is 19.1 Å².